The molecule has 0 amide bonds. The van der Waals surface area contributed by atoms with Crippen LogP contribution in [0.25, 0.3) is 0 Å². The predicted octanol–water partition coefficient (Wildman–Crippen LogP) is 2.77. The fraction of sp³-hybridized carbons (Fsp3) is 0.571. The molecule has 0 radical (unpaired) electrons. The highest BCUT2D eigenvalue weighted by Gasteiger charge is 2.33. The zero-order chi connectivity index (χ0) is 12.1. The van der Waals surface area contributed by atoms with Crippen LogP contribution < -0.4 is 0 Å². The fourth-order valence-corrected chi connectivity index (χ4v) is 2.52. The van der Waals surface area contributed by atoms with E-state index in [1.807, 2.05) is 18.2 Å². The molecule has 1 aromatic carbocycles. The molecule has 3 atom stereocenters. The van der Waals surface area contributed by atoms with E-state index in [-0.39, 0.29) is 18.3 Å². The first-order chi connectivity index (χ1) is 8.36. The van der Waals surface area contributed by atoms with E-state index in [2.05, 4.69) is 12.1 Å². The van der Waals surface area contributed by atoms with Crippen LogP contribution in [0, 0.1) is 5.92 Å². The van der Waals surface area contributed by atoms with Gasteiger partial charge in [0, 0.05) is 26.7 Å². The molecule has 2 rings (SSSR count). The summed E-state index contributed by atoms with van der Waals surface area (Å²) in [5.74, 6) is 0.265. The van der Waals surface area contributed by atoms with Crippen LogP contribution in [-0.2, 0) is 14.2 Å². The molecule has 0 saturated carbocycles. The third kappa shape index (κ3) is 2.86. The zero-order valence-electron chi connectivity index (χ0n) is 10.5. The minimum absolute atomic E-state index is 0.0430. The van der Waals surface area contributed by atoms with Crippen LogP contribution in [0.1, 0.15) is 24.5 Å². The van der Waals surface area contributed by atoms with Crippen molar-refractivity contribution in [3.63, 3.8) is 0 Å². The molecule has 0 bridgehead atoms. The SMILES string of the molecule is COC1OCCCC1C(OC)c1ccccc1. The van der Waals surface area contributed by atoms with Gasteiger partial charge in [0.25, 0.3) is 0 Å². The Morgan fingerprint density at radius 1 is 1.24 bits per heavy atom. The molecular formula is C14H20O3. The van der Waals surface area contributed by atoms with Crippen molar-refractivity contribution in [2.24, 2.45) is 5.92 Å². The van der Waals surface area contributed by atoms with E-state index in [1.54, 1.807) is 14.2 Å². The third-order valence-electron chi connectivity index (χ3n) is 3.32. The van der Waals surface area contributed by atoms with Crippen LogP contribution in [0.2, 0.25) is 0 Å². The molecule has 1 aliphatic rings. The van der Waals surface area contributed by atoms with Gasteiger partial charge in [0.2, 0.25) is 0 Å². The Morgan fingerprint density at radius 3 is 2.65 bits per heavy atom. The molecule has 1 saturated heterocycles. The fourth-order valence-electron chi connectivity index (χ4n) is 2.52. The largest absolute Gasteiger partial charge is 0.376 e. The van der Waals surface area contributed by atoms with Crippen LogP contribution in [0.15, 0.2) is 30.3 Å². The van der Waals surface area contributed by atoms with Crippen molar-refractivity contribution in [2.75, 3.05) is 20.8 Å². The van der Waals surface area contributed by atoms with Crippen molar-refractivity contribution < 1.29 is 14.2 Å². The maximum absolute atomic E-state index is 5.65. The van der Waals surface area contributed by atoms with E-state index in [0.29, 0.717) is 0 Å². The number of hydrogen-bond acceptors (Lipinski definition) is 3. The van der Waals surface area contributed by atoms with Crippen molar-refractivity contribution in [3.05, 3.63) is 35.9 Å². The van der Waals surface area contributed by atoms with E-state index < -0.39 is 0 Å². The van der Waals surface area contributed by atoms with E-state index in [1.165, 1.54) is 5.56 Å². The normalized spacial score (nSPS) is 26.7. The summed E-state index contributed by atoms with van der Waals surface area (Å²) < 4.78 is 16.7. The Labute approximate surface area is 103 Å². The smallest absolute Gasteiger partial charge is 0.162 e. The molecule has 1 aliphatic heterocycles. The van der Waals surface area contributed by atoms with Crippen LogP contribution in [-0.4, -0.2) is 27.1 Å². The van der Waals surface area contributed by atoms with E-state index in [9.17, 15) is 0 Å². The highest BCUT2D eigenvalue weighted by molar-refractivity contribution is 5.18. The van der Waals surface area contributed by atoms with Gasteiger partial charge in [-0.1, -0.05) is 30.3 Å². The van der Waals surface area contributed by atoms with Crippen LogP contribution in [0.5, 0.6) is 0 Å². The Kier molecular flexibility index (Phi) is 4.54. The highest BCUT2D eigenvalue weighted by Crippen LogP contribution is 2.35. The van der Waals surface area contributed by atoms with Crippen LogP contribution >= 0.6 is 0 Å². The standard InChI is InChI=1S/C14H20O3/c1-15-13(11-7-4-3-5-8-11)12-9-6-10-17-14(12)16-2/h3-5,7-8,12-14H,6,9-10H2,1-2H3. The lowest BCUT2D eigenvalue weighted by Crippen LogP contribution is -2.35. The molecule has 1 aromatic rings. The van der Waals surface area contributed by atoms with Gasteiger partial charge in [-0.3, -0.25) is 0 Å². The second-order valence-electron chi connectivity index (χ2n) is 4.35. The number of ether oxygens (including phenoxy) is 3. The second kappa shape index (κ2) is 6.15. The number of methoxy groups -OCH3 is 2. The van der Waals surface area contributed by atoms with Crippen molar-refractivity contribution in [1.29, 1.82) is 0 Å². The van der Waals surface area contributed by atoms with Crippen molar-refractivity contribution in [1.82, 2.24) is 0 Å². The van der Waals surface area contributed by atoms with Gasteiger partial charge in [-0.15, -0.1) is 0 Å². The zero-order valence-corrected chi connectivity index (χ0v) is 10.5. The highest BCUT2D eigenvalue weighted by atomic mass is 16.7. The first kappa shape index (κ1) is 12.6. The average molecular weight is 236 g/mol. The summed E-state index contributed by atoms with van der Waals surface area (Å²) in [7, 11) is 3.44. The van der Waals surface area contributed by atoms with Crippen molar-refractivity contribution in [2.45, 2.75) is 25.2 Å². The Balaban J connectivity index is 2.16. The molecular weight excluding hydrogens is 216 g/mol. The van der Waals surface area contributed by atoms with Gasteiger partial charge in [-0.05, 0) is 18.4 Å². The van der Waals surface area contributed by atoms with Crippen molar-refractivity contribution >= 4 is 0 Å². The van der Waals surface area contributed by atoms with Crippen LogP contribution in [0.3, 0.4) is 0 Å². The summed E-state index contributed by atoms with van der Waals surface area (Å²) in [4.78, 5) is 0. The first-order valence-electron chi connectivity index (χ1n) is 6.09. The molecule has 17 heavy (non-hydrogen) atoms. The first-order valence-corrected chi connectivity index (χ1v) is 6.09. The van der Waals surface area contributed by atoms with Gasteiger partial charge in [-0.25, -0.2) is 0 Å². The van der Waals surface area contributed by atoms with Gasteiger partial charge in [0.1, 0.15) is 0 Å². The van der Waals surface area contributed by atoms with E-state index in [4.69, 9.17) is 14.2 Å². The Morgan fingerprint density at radius 2 is 2.00 bits per heavy atom. The summed E-state index contributed by atoms with van der Waals surface area (Å²) in [6.07, 6.45) is 2.03. The van der Waals surface area contributed by atoms with E-state index >= 15 is 0 Å². The molecule has 0 aromatic heterocycles. The molecule has 0 aliphatic carbocycles. The van der Waals surface area contributed by atoms with Gasteiger partial charge in [0.05, 0.1) is 6.10 Å². The van der Waals surface area contributed by atoms with Gasteiger partial charge >= 0.3 is 0 Å². The van der Waals surface area contributed by atoms with Crippen molar-refractivity contribution in [3.8, 4) is 0 Å². The maximum atomic E-state index is 5.65. The number of hydrogen-bond donors (Lipinski definition) is 0. The Hall–Kier alpha value is -0.900. The molecule has 1 heterocycles. The number of rotatable bonds is 4. The predicted molar refractivity (Wildman–Crippen MR) is 65.7 cm³/mol. The summed E-state index contributed by atoms with van der Waals surface area (Å²) in [5, 5.41) is 0. The molecule has 3 unspecified atom stereocenters. The third-order valence-corrected chi connectivity index (χ3v) is 3.32. The van der Waals surface area contributed by atoms with Gasteiger partial charge < -0.3 is 14.2 Å². The lowest BCUT2D eigenvalue weighted by atomic mass is 9.89. The monoisotopic (exact) mass is 236 g/mol. The average Bonchev–Trinajstić information content (AvgIpc) is 2.41. The summed E-state index contributed by atoms with van der Waals surface area (Å²) in [6.45, 7) is 0.778. The summed E-state index contributed by atoms with van der Waals surface area (Å²) in [5.41, 5.74) is 1.19. The van der Waals surface area contributed by atoms with E-state index in [0.717, 1.165) is 19.4 Å². The molecule has 3 heteroatoms. The second-order valence-corrected chi connectivity index (χ2v) is 4.35. The minimum Gasteiger partial charge on any atom is -0.376 e. The molecule has 1 fully saturated rings. The number of benzene rings is 1. The topological polar surface area (TPSA) is 27.7 Å². The lowest BCUT2D eigenvalue weighted by molar-refractivity contribution is -0.203. The lowest BCUT2D eigenvalue weighted by Gasteiger charge is -2.35. The summed E-state index contributed by atoms with van der Waals surface area (Å²) >= 11 is 0. The molecule has 0 spiro atoms. The maximum Gasteiger partial charge on any atom is 0.162 e. The molecule has 94 valence electrons. The molecule has 3 nitrogen and oxygen atoms in total. The quantitative estimate of drug-likeness (QED) is 0.804. The van der Waals surface area contributed by atoms with Crippen LogP contribution in [0.4, 0.5) is 0 Å². The van der Waals surface area contributed by atoms with Gasteiger partial charge in [0.15, 0.2) is 6.29 Å². The minimum atomic E-state index is -0.158. The summed E-state index contributed by atoms with van der Waals surface area (Å²) in [6, 6.07) is 10.3. The van der Waals surface area contributed by atoms with Gasteiger partial charge in [-0.2, -0.15) is 0 Å². The Bertz CT molecular complexity index is 325. The molecule has 0 N–H and O–H groups in total.